The maximum Gasteiger partial charge on any atom is 0.234 e. The molecule has 3 nitrogen and oxygen atoms in total. The van der Waals surface area contributed by atoms with Crippen LogP contribution in [0.25, 0.3) is 0 Å². The average Bonchev–Trinajstić information content (AvgIpc) is 2.70. The maximum atomic E-state index is 11.3. The van der Waals surface area contributed by atoms with E-state index in [0.29, 0.717) is 5.25 Å². The van der Waals surface area contributed by atoms with Crippen molar-refractivity contribution in [2.45, 2.75) is 36.5 Å². The quantitative estimate of drug-likeness (QED) is 0.852. The summed E-state index contributed by atoms with van der Waals surface area (Å²) < 4.78 is 0. The minimum absolute atomic E-state index is 0.227. The molecule has 98 valence electrons. The number of carbonyl (C=O) groups is 1. The Morgan fingerprint density at radius 2 is 2.22 bits per heavy atom. The van der Waals surface area contributed by atoms with Gasteiger partial charge in [-0.2, -0.15) is 0 Å². The number of rotatable bonds is 5. The zero-order chi connectivity index (χ0) is 13.1. The predicted octanol–water partition coefficient (Wildman–Crippen LogP) is 1.80. The number of carbonyl (C=O) groups excluding carboxylic acids is 1. The van der Waals surface area contributed by atoms with E-state index < -0.39 is 0 Å². The van der Waals surface area contributed by atoms with Gasteiger partial charge in [-0.05, 0) is 24.0 Å². The second kappa shape index (κ2) is 5.76. The number of nitrogens with two attached hydrogens (primary N) is 1. The summed E-state index contributed by atoms with van der Waals surface area (Å²) in [6.07, 6.45) is 1.07. The van der Waals surface area contributed by atoms with Crippen molar-refractivity contribution in [3.63, 3.8) is 0 Å². The van der Waals surface area contributed by atoms with Gasteiger partial charge in [-0.15, -0.1) is 11.8 Å². The lowest BCUT2D eigenvalue weighted by atomic mass is 10.0. The molecule has 2 atom stereocenters. The van der Waals surface area contributed by atoms with Gasteiger partial charge in [0.15, 0.2) is 0 Å². The lowest BCUT2D eigenvalue weighted by Crippen LogP contribution is -2.47. The average molecular weight is 264 g/mol. The van der Waals surface area contributed by atoms with Crippen LogP contribution >= 0.6 is 11.8 Å². The molecule has 4 heteroatoms. The van der Waals surface area contributed by atoms with Crippen LogP contribution in [0.5, 0.6) is 0 Å². The van der Waals surface area contributed by atoms with Gasteiger partial charge in [-0.3, -0.25) is 4.79 Å². The summed E-state index contributed by atoms with van der Waals surface area (Å²) in [6.45, 7) is 4.85. The van der Waals surface area contributed by atoms with Gasteiger partial charge in [0.05, 0.1) is 6.04 Å². The van der Waals surface area contributed by atoms with Gasteiger partial charge in [0.2, 0.25) is 5.91 Å². The van der Waals surface area contributed by atoms with Crippen molar-refractivity contribution in [1.29, 1.82) is 0 Å². The summed E-state index contributed by atoms with van der Waals surface area (Å²) in [5.41, 5.74) is 6.81. The summed E-state index contributed by atoms with van der Waals surface area (Å²) in [4.78, 5) is 12.7. The molecule has 2 rings (SSSR count). The van der Waals surface area contributed by atoms with Gasteiger partial charge in [-0.25, -0.2) is 0 Å². The second-order valence-electron chi connectivity index (χ2n) is 5.08. The summed E-state index contributed by atoms with van der Waals surface area (Å²) in [5, 5.41) is 3.80. The van der Waals surface area contributed by atoms with Crippen molar-refractivity contribution < 1.29 is 4.79 Å². The number of amides is 1. The first-order chi connectivity index (χ1) is 8.58. The van der Waals surface area contributed by atoms with Crippen LogP contribution in [0.4, 0.5) is 0 Å². The number of benzene rings is 1. The molecule has 1 aromatic rings. The predicted molar refractivity (Wildman–Crippen MR) is 75.6 cm³/mol. The van der Waals surface area contributed by atoms with E-state index >= 15 is 0 Å². The van der Waals surface area contributed by atoms with E-state index in [-0.39, 0.29) is 17.9 Å². The minimum atomic E-state index is -0.259. The van der Waals surface area contributed by atoms with Gasteiger partial charge in [0.25, 0.3) is 0 Å². The highest BCUT2D eigenvalue weighted by atomic mass is 32.2. The molecule has 0 fully saturated rings. The van der Waals surface area contributed by atoms with E-state index in [9.17, 15) is 4.79 Å². The van der Waals surface area contributed by atoms with Crippen molar-refractivity contribution in [2.75, 3.05) is 6.54 Å². The smallest absolute Gasteiger partial charge is 0.234 e. The van der Waals surface area contributed by atoms with Crippen LogP contribution in [-0.2, 0) is 11.2 Å². The SMILES string of the molecule is CC(C)C(NCC1Cc2ccccc2S1)C(N)=O. The lowest BCUT2D eigenvalue weighted by Gasteiger charge is -2.20. The van der Waals surface area contributed by atoms with E-state index in [4.69, 9.17) is 5.73 Å². The number of hydrogen-bond acceptors (Lipinski definition) is 3. The molecule has 0 saturated heterocycles. The van der Waals surface area contributed by atoms with Gasteiger partial charge in [0.1, 0.15) is 0 Å². The third-order valence-corrected chi connectivity index (χ3v) is 4.57. The van der Waals surface area contributed by atoms with Crippen LogP contribution in [-0.4, -0.2) is 23.7 Å². The van der Waals surface area contributed by atoms with Crippen molar-refractivity contribution >= 4 is 17.7 Å². The molecule has 18 heavy (non-hydrogen) atoms. The monoisotopic (exact) mass is 264 g/mol. The van der Waals surface area contributed by atoms with Crippen LogP contribution in [0.15, 0.2) is 29.2 Å². The molecular formula is C14H20N2OS. The Morgan fingerprint density at radius 3 is 2.83 bits per heavy atom. The number of hydrogen-bond donors (Lipinski definition) is 2. The Labute approximate surface area is 113 Å². The molecule has 0 aromatic heterocycles. The molecule has 0 spiro atoms. The van der Waals surface area contributed by atoms with Crippen molar-refractivity contribution in [2.24, 2.45) is 11.7 Å². The van der Waals surface area contributed by atoms with E-state index in [2.05, 4.69) is 29.6 Å². The van der Waals surface area contributed by atoms with Crippen molar-refractivity contribution in [3.05, 3.63) is 29.8 Å². The third-order valence-electron chi connectivity index (χ3n) is 3.25. The highest BCUT2D eigenvalue weighted by Crippen LogP contribution is 2.36. The van der Waals surface area contributed by atoms with Crippen LogP contribution in [0, 0.1) is 5.92 Å². The molecule has 3 N–H and O–H groups in total. The van der Waals surface area contributed by atoms with Crippen molar-refractivity contribution in [1.82, 2.24) is 5.32 Å². The fourth-order valence-corrected chi connectivity index (χ4v) is 3.55. The molecular weight excluding hydrogens is 244 g/mol. The van der Waals surface area contributed by atoms with Gasteiger partial charge < -0.3 is 11.1 Å². The van der Waals surface area contributed by atoms with Crippen LogP contribution < -0.4 is 11.1 Å². The fraction of sp³-hybridized carbons (Fsp3) is 0.500. The molecule has 0 saturated carbocycles. The van der Waals surface area contributed by atoms with Gasteiger partial charge in [0, 0.05) is 16.7 Å². The molecule has 0 aliphatic carbocycles. The Hall–Kier alpha value is -1.00. The molecule has 1 aromatic carbocycles. The molecule has 1 heterocycles. The van der Waals surface area contributed by atoms with E-state index in [0.717, 1.165) is 13.0 Å². The third kappa shape index (κ3) is 3.06. The zero-order valence-corrected chi connectivity index (χ0v) is 11.7. The van der Waals surface area contributed by atoms with Gasteiger partial charge >= 0.3 is 0 Å². The Bertz CT molecular complexity index is 409. The minimum Gasteiger partial charge on any atom is -0.368 e. The standard InChI is InChI=1S/C14H20N2OS/c1-9(2)13(14(15)17)16-8-11-7-10-5-3-4-6-12(10)18-11/h3-6,9,11,13,16H,7-8H2,1-2H3,(H2,15,17). The second-order valence-corrected chi connectivity index (χ2v) is 6.43. The molecule has 2 unspecified atom stereocenters. The number of thioether (sulfide) groups is 1. The largest absolute Gasteiger partial charge is 0.368 e. The van der Waals surface area contributed by atoms with Crippen LogP contribution in [0.3, 0.4) is 0 Å². The van der Waals surface area contributed by atoms with Crippen LogP contribution in [0.2, 0.25) is 0 Å². The first kappa shape index (κ1) is 13.4. The number of primary amides is 1. The molecule has 1 aliphatic rings. The van der Waals surface area contributed by atoms with Crippen molar-refractivity contribution in [3.8, 4) is 0 Å². The molecule has 1 aliphatic heterocycles. The van der Waals surface area contributed by atoms with E-state index in [1.54, 1.807) is 0 Å². The number of fused-ring (bicyclic) bond motifs is 1. The maximum absolute atomic E-state index is 11.3. The summed E-state index contributed by atoms with van der Waals surface area (Å²) >= 11 is 1.89. The Kier molecular flexibility index (Phi) is 4.30. The molecule has 1 amide bonds. The topological polar surface area (TPSA) is 55.1 Å². The van der Waals surface area contributed by atoms with Crippen LogP contribution in [0.1, 0.15) is 19.4 Å². The summed E-state index contributed by atoms with van der Waals surface area (Å²) in [7, 11) is 0. The van der Waals surface area contributed by atoms with E-state index in [1.807, 2.05) is 25.6 Å². The Balaban J connectivity index is 1.88. The highest BCUT2D eigenvalue weighted by Gasteiger charge is 2.25. The number of nitrogens with one attached hydrogen (secondary N) is 1. The fourth-order valence-electron chi connectivity index (χ4n) is 2.29. The summed E-state index contributed by atoms with van der Waals surface area (Å²) in [5.74, 6) is -0.0261. The zero-order valence-electron chi connectivity index (χ0n) is 10.8. The normalized spacial score (nSPS) is 19.8. The molecule has 0 radical (unpaired) electrons. The highest BCUT2D eigenvalue weighted by molar-refractivity contribution is 8.00. The first-order valence-electron chi connectivity index (χ1n) is 6.35. The summed E-state index contributed by atoms with van der Waals surface area (Å²) in [6, 6.07) is 8.26. The Morgan fingerprint density at radius 1 is 1.50 bits per heavy atom. The first-order valence-corrected chi connectivity index (χ1v) is 7.23. The lowest BCUT2D eigenvalue weighted by molar-refractivity contribution is -0.120. The van der Waals surface area contributed by atoms with E-state index in [1.165, 1.54) is 10.5 Å². The van der Waals surface area contributed by atoms with Gasteiger partial charge in [-0.1, -0.05) is 32.0 Å². The molecule has 0 bridgehead atoms.